The fourth-order valence-corrected chi connectivity index (χ4v) is 4.32. The van der Waals surface area contributed by atoms with Crippen LogP contribution in [0.25, 0.3) is 10.2 Å². The lowest BCUT2D eigenvalue weighted by atomic mass is 10.1. The van der Waals surface area contributed by atoms with Crippen LogP contribution in [0.2, 0.25) is 0 Å². The van der Waals surface area contributed by atoms with Crippen molar-refractivity contribution in [3.8, 4) is 11.8 Å². The van der Waals surface area contributed by atoms with Crippen LogP contribution in [0.3, 0.4) is 0 Å². The summed E-state index contributed by atoms with van der Waals surface area (Å²) in [4.78, 5) is 2.47. The third-order valence-corrected chi connectivity index (χ3v) is 5.45. The standard InChI is InChI=1S/C17H18N4S2/c1-3-5-13-15(8-11(2)18)23-17-14(10-20-21-16(13)17)19-9-12-6-4-7-22-12/h4,6-7,10-11H,8-9,18H2,1-2H3,(H,19,21)/t11-/m0/s1. The van der Waals surface area contributed by atoms with Crippen molar-refractivity contribution in [2.45, 2.75) is 32.9 Å². The summed E-state index contributed by atoms with van der Waals surface area (Å²) in [6, 6.07) is 4.27. The van der Waals surface area contributed by atoms with Gasteiger partial charge in [-0.15, -0.1) is 33.7 Å². The lowest BCUT2D eigenvalue weighted by Gasteiger charge is -2.04. The highest BCUT2D eigenvalue weighted by Gasteiger charge is 2.16. The van der Waals surface area contributed by atoms with Crippen molar-refractivity contribution in [2.24, 2.45) is 5.73 Å². The Hall–Kier alpha value is -1.94. The van der Waals surface area contributed by atoms with Gasteiger partial charge in [-0.2, -0.15) is 5.10 Å². The van der Waals surface area contributed by atoms with Gasteiger partial charge in [-0.05, 0) is 31.7 Å². The molecule has 0 radical (unpaired) electrons. The molecule has 0 bridgehead atoms. The van der Waals surface area contributed by atoms with E-state index in [1.54, 1.807) is 28.9 Å². The van der Waals surface area contributed by atoms with E-state index in [9.17, 15) is 0 Å². The predicted molar refractivity (Wildman–Crippen MR) is 99.0 cm³/mol. The molecule has 0 amide bonds. The number of nitrogens with zero attached hydrogens (tertiary/aromatic N) is 2. The van der Waals surface area contributed by atoms with E-state index >= 15 is 0 Å². The molecule has 0 aromatic carbocycles. The predicted octanol–water partition coefficient (Wildman–Crippen LogP) is 3.63. The quantitative estimate of drug-likeness (QED) is 0.695. The van der Waals surface area contributed by atoms with Crippen LogP contribution in [-0.4, -0.2) is 16.2 Å². The zero-order valence-electron chi connectivity index (χ0n) is 13.1. The zero-order chi connectivity index (χ0) is 16.2. The van der Waals surface area contributed by atoms with Gasteiger partial charge in [0.15, 0.2) is 0 Å². The molecule has 0 saturated heterocycles. The highest BCUT2D eigenvalue weighted by Crippen LogP contribution is 2.35. The van der Waals surface area contributed by atoms with E-state index in [0.717, 1.165) is 34.4 Å². The van der Waals surface area contributed by atoms with Gasteiger partial charge >= 0.3 is 0 Å². The van der Waals surface area contributed by atoms with Crippen molar-refractivity contribution < 1.29 is 0 Å². The van der Waals surface area contributed by atoms with Gasteiger partial charge in [0, 0.05) is 22.3 Å². The normalized spacial score (nSPS) is 12.0. The average molecular weight is 342 g/mol. The van der Waals surface area contributed by atoms with Crippen LogP contribution in [0.15, 0.2) is 23.7 Å². The second kappa shape index (κ2) is 7.09. The van der Waals surface area contributed by atoms with E-state index in [1.807, 2.05) is 13.8 Å². The number of rotatable bonds is 5. The topological polar surface area (TPSA) is 63.8 Å². The molecule has 0 aliphatic heterocycles. The van der Waals surface area contributed by atoms with E-state index in [1.165, 1.54) is 9.75 Å². The van der Waals surface area contributed by atoms with Gasteiger partial charge in [-0.1, -0.05) is 12.0 Å². The van der Waals surface area contributed by atoms with Gasteiger partial charge in [0.1, 0.15) is 5.52 Å². The Kier molecular flexibility index (Phi) is 4.91. The Morgan fingerprint density at radius 3 is 3.00 bits per heavy atom. The van der Waals surface area contributed by atoms with Gasteiger partial charge in [0.05, 0.1) is 22.1 Å². The van der Waals surface area contributed by atoms with Crippen LogP contribution in [-0.2, 0) is 13.0 Å². The zero-order valence-corrected chi connectivity index (χ0v) is 14.7. The lowest BCUT2D eigenvalue weighted by molar-refractivity contribution is 0.746. The summed E-state index contributed by atoms with van der Waals surface area (Å²) in [7, 11) is 0. The summed E-state index contributed by atoms with van der Waals surface area (Å²) in [6.07, 6.45) is 2.58. The van der Waals surface area contributed by atoms with E-state index in [4.69, 9.17) is 5.73 Å². The van der Waals surface area contributed by atoms with Crippen LogP contribution < -0.4 is 11.1 Å². The number of fused-ring (bicyclic) bond motifs is 1. The molecule has 0 aliphatic rings. The van der Waals surface area contributed by atoms with Gasteiger partial charge in [-0.25, -0.2) is 0 Å². The third kappa shape index (κ3) is 3.53. The maximum absolute atomic E-state index is 5.98. The first-order valence-corrected chi connectivity index (χ1v) is 9.10. The van der Waals surface area contributed by atoms with E-state index in [-0.39, 0.29) is 6.04 Å². The Balaban J connectivity index is 2.00. The molecular weight excluding hydrogens is 324 g/mol. The molecule has 0 spiro atoms. The maximum Gasteiger partial charge on any atom is 0.122 e. The molecule has 6 heteroatoms. The molecule has 23 heavy (non-hydrogen) atoms. The second-order valence-corrected chi connectivity index (χ2v) is 7.46. The third-order valence-electron chi connectivity index (χ3n) is 3.34. The summed E-state index contributed by atoms with van der Waals surface area (Å²) in [5, 5.41) is 14.0. The number of aromatic nitrogens is 2. The summed E-state index contributed by atoms with van der Waals surface area (Å²) >= 11 is 3.45. The largest absolute Gasteiger partial charge is 0.378 e. The van der Waals surface area contributed by atoms with Crippen LogP contribution in [0.1, 0.15) is 29.2 Å². The van der Waals surface area contributed by atoms with Crippen LogP contribution >= 0.6 is 22.7 Å². The monoisotopic (exact) mass is 342 g/mol. The Labute approximate surface area is 143 Å². The molecule has 1 atom stereocenters. The van der Waals surface area contributed by atoms with Crippen molar-refractivity contribution in [1.82, 2.24) is 10.2 Å². The number of hydrogen-bond acceptors (Lipinski definition) is 6. The number of hydrogen-bond donors (Lipinski definition) is 2. The summed E-state index contributed by atoms with van der Waals surface area (Å²) < 4.78 is 1.10. The molecule has 3 N–H and O–H groups in total. The number of thiophene rings is 2. The van der Waals surface area contributed by atoms with Crippen molar-refractivity contribution in [3.63, 3.8) is 0 Å². The first kappa shape index (κ1) is 15.9. The van der Waals surface area contributed by atoms with Crippen molar-refractivity contribution in [3.05, 3.63) is 39.0 Å². The SMILES string of the molecule is CC#Cc1c(C[C@H](C)N)sc2c(NCc3cccs3)cnnc12. The Morgan fingerprint density at radius 1 is 1.43 bits per heavy atom. The van der Waals surface area contributed by atoms with Gasteiger partial charge in [0.2, 0.25) is 0 Å². The molecule has 0 unspecified atom stereocenters. The minimum atomic E-state index is 0.0935. The molecule has 0 fully saturated rings. The minimum Gasteiger partial charge on any atom is -0.378 e. The van der Waals surface area contributed by atoms with Crippen LogP contribution in [0.4, 0.5) is 5.69 Å². The minimum absolute atomic E-state index is 0.0935. The van der Waals surface area contributed by atoms with Crippen molar-refractivity contribution >= 4 is 38.6 Å². The molecule has 3 rings (SSSR count). The molecule has 3 heterocycles. The fourth-order valence-electron chi connectivity index (χ4n) is 2.36. The first-order valence-electron chi connectivity index (χ1n) is 7.40. The van der Waals surface area contributed by atoms with Gasteiger partial charge in [-0.3, -0.25) is 0 Å². The summed E-state index contributed by atoms with van der Waals surface area (Å²) in [5.74, 6) is 6.16. The Bertz CT molecular complexity index is 854. The van der Waals surface area contributed by atoms with Crippen molar-refractivity contribution in [1.29, 1.82) is 0 Å². The van der Waals surface area contributed by atoms with Crippen molar-refractivity contribution in [2.75, 3.05) is 5.32 Å². The summed E-state index contributed by atoms with van der Waals surface area (Å²) in [5.41, 5.74) is 8.82. The number of nitrogens with two attached hydrogens (primary N) is 1. The average Bonchev–Trinajstić information content (AvgIpc) is 3.14. The number of anilines is 1. The molecule has 118 valence electrons. The maximum atomic E-state index is 5.98. The molecule has 3 aromatic heterocycles. The molecular formula is C17H18N4S2. The Morgan fingerprint density at radius 2 is 2.30 bits per heavy atom. The fraction of sp³-hybridized carbons (Fsp3) is 0.294. The summed E-state index contributed by atoms with van der Waals surface area (Å²) in [6.45, 7) is 4.63. The van der Waals surface area contributed by atoms with E-state index in [2.05, 4.69) is 44.9 Å². The molecule has 4 nitrogen and oxygen atoms in total. The smallest absolute Gasteiger partial charge is 0.122 e. The first-order chi connectivity index (χ1) is 11.2. The van der Waals surface area contributed by atoms with Crippen LogP contribution in [0, 0.1) is 11.8 Å². The molecule has 0 aliphatic carbocycles. The van der Waals surface area contributed by atoms with Crippen LogP contribution in [0.5, 0.6) is 0 Å². The highest BCUT2D eigenvalue weighted by atomic mass is 32.1. The lowest BCUT2D eigenvalue weighted by Crippen LogP contribution is -2.17. The number of nitrogens with one attached hydrogen (secondary N) is 1. The highest BCUT2D eigenvalue weighted by molar-refractivity contribution is 7.20. The van der Waals surface area contributed by atoms with E-state index < -0.39 is 0 Å². The van der Waals surface area contributed by atoms with E-state index in [0.29, 0.717) is 0 Å². The second-order valence-electron chi connectivity index (χ2n) is 5.33. The molecule has 0 saturated carbocycles. The van der Waals surface area contributed by atoms with Gasteiger partial charge in [0.25, 0.3) is 0 Å². The molecule has 3 aromatic rings. The van der Waals surface area contributed by atoms with Gasteiger partial charge < -0.3 is 11.1 Å².